The largest absolute Gasteiger partial charge is 0.369 e. The number of nitrogens with one attached hydrogen (secondary N) is 1. The fourth-order valence-electron chi connectivity index (χ4n) is 3.84. The summed E-state index contributed by atoms with van der Waals surface area (Å²) in [7, 11) is 0. The minimum absolute atomic E-state index is 0.798. The lowest BCUT2D eigenvalue weighted by Crippen LogP contribution is -2.47. The van der Waals surface area contributed by atoms with Gasteiger partial charge in [-0.05, 0) is 50.0 Å². The molecule has 6 heteroatoms. The summed E-state index contributed by atoms with van der Waals surface area (Å²) in [6.45, 7) is 8.76. The van der Waals surface area contributed by atoms with Crippen LogP contribution in [-0.4, -0.2) is 67.1 Å². The maximum absolute atomic E-state index is 5.61. The van der Waals surface area contributed by atoms with Crippen LogP contribution in [0.1, 0.15) is 12.8 Å². The number of anilines is 1. The fourth-order valence-corrected chi connectivity index (χ4v) is 4.78. The Morgan fingerprint density at radius 1 is 0.963 bits per heavy atom. The van der Waals surface area contributed by atoms with Crippen LogP contribution in [0.25, 0.3) is 21.0 Å². The van der Waals surface area contributed by atoms with Gasteiger partial charge < -0.3 is 20.9 Å². The number of piperazine rings is 1. The molecule has 3 heterocycles. The summed E-state index contributed by atoms with van der Waals surface area (Å²) >= 11 is 1.80. The van der Waals surface area contributed by atoms with Crippen molar-refractivity contribution in [1.82, 2.24) is 14.8 Å². The van der Waals surface area contributed by atoms with Gasteiger partial charge in [-0.1, -0.05) is 18.2 Å². The second-order valence-corrected chi connectivity index (χ2v) is 8.16. The van der Waals surface area contributed by atoms with Crippen molar-refractivity contribution in [3.8, 4) is 0 Å². The molecule has 0 saturated carbocycles. The summed E-state index contributed by atoms with van der Waals surface area (Å²) in [6.07, 6.45) is 2.25. The number of nitrogens with zero attached hydrogens (tertiary/aromatic N) is 3. The summed E-state index contributed by atoms with van der Waals surface area (Å²) in [5.41, 5.74) is 6.68. The number of fused-ring (bicyclic) bond motifs is 3. The normalized spacial score (nSPS) is 16.3. The van der Waals surface area contributed by atoms with Crippen LogP contribution in [0.3, 0.4) is 0 Å². The van der Waals surface area contributed by atoms with Crippen LogP contribution in [0.4, 0.5) is 5.82 Å². The van der Waals surface area contributed by atoms with Crippen molar-refractivity contribution in [3.05, 3.63) is 35.7 Å². The number of nitrogens with two attached hydrogens (primary N) is 1. The predicted octanol–water partition coefficient (Wildman–Crippen LogP) is 3.22. The van der Waals surface area contributed by atoms with Crippen LogP contribution < -0.4 is 11.1 Å². The van der Waals surface area contributed by atoms with E-state index in [0.717, 1.165) is 50.4 Å². The van der Waals surface area contributed by atoms with Crippen LogP contribution >= 0.6 is 11.3 Å². The zero-order valence-corrected chi connectivity index (χ0v) is 16.7. The molecule has 2 aromatic heterocycles. The van der Waals surface area contributed by atoms with E-state index < -0.39 is 0 Å². The Labute approximate surface area is 165 Å². The first-order valence-corrected chi connectivity index (χ1v) is 10.9. The summed E-state index contributed by atoms with van der Waals surface area (Å²) < 4.78 is 1.33. The van der Waals surface area contributed by atoms with Crippen LogP contribution in [0, 0.1) is 0 Å². The van der Waals surface area contributed by atoms with Crippen molar-refractivity contribution >= 4 is 38.1 Å². The molecule has 1 aliphatic rings. The minimum Gasteiger partial charge on any atom is -0.369 e. The van der Waals surface area contributed by atoms with Crippen LogP contribution in [0.5, 0.6) is 0 Å². The molecule has 1 saturated heterocycles. The van der Waals surface area contributed by atoms with Gasteiger partial charge in [-0.3, -0.25) is 0 Å². The zero-order chi connectivity index (χ0) is 18.5. The fraction of sp³-hybridized carbons (Fsp3) is 0.476. The Hall–Kier alpha value is -1.73. The molecular weight excluding hydrogens is 354 g/mol. The van der Waals surface area contributed by atoms with Crippen molar-refractivity contribution in [2.24, 2.45) is 5.73 Å². The van der Waals surface area contributed by atoms with E-state index in [1.54, 1.807) is 11.3 Å². The minimum atomic E-state index is 0.798. The van der Waals surface area contributed by atoms with Gasteiger partial charge in [0, 0.05) is 48.2 Å². The van der Waals surface area contributed by atoms with Gasteiger partial charge in [0.25, 0.3) is 0 Å². The molecule has 3 aromatic rings. The highest BCUT2D eigenvalue weighted by molar-refractivity contribution is 7.18. The topological polar surface area (TPSA) is 57.4 Å². The monoisotopic (exact) mass is 383 g/mol. The molecule has 4 rings (SSSR count). The third-order valence-corrected chi connectivity index (χ3v) is 6.34. The molecule has 0 aliphatic carbocycles. The van der Waals surface area contributed by atoms with E-state index in [9.17, 15) is 0 Å². The third-order valence-electron chi connectivity index (χ3n) is 5.39. The van der Waals surface area contributed by atoms with E-state index >= 15 is 0 Å². The molecule has 3 N–H and O–H groups in total. The Bertz CT molecular complexity index is 869. The standard InChI is InChI=1S/C21H29N5S/c22-8-3-10-25-12-14-26(15-13-25)11-4-9-23-21-18-7-16-27-20(18)17-5-1-2-6-19(17)24-21/h1-2,5-7,16H,3-4,8-15,22H2,(H,23,24). The smallest absolute Gasteiger partial charge is 0.135 e. The Morgan fingerprint density at radius 2 is 1.70 bits per heavy atom. The van der Waals surface area contributed by atoms with E-state index in [4.69, 9.17) is 10.7 Å². The molecule has 1 aliphatic heterocycles. The number of hydrogen-bond donors (Lipinski definition) is 2. The van der Waals surface area contributed by atoms with Gasteiger partial charge in [0.05, 0.1) is 5.52 Å². The van der Waals surface area contributed by atoms with Crippen molar-refractivity contribution in [3.63, 3.8) is 0 Å². The Morgan fingerprint density at radius 3 is 2.48 bits per heavy atom. The second kappa shape index (κ2) is 8.97. The van der Waals surface area contributed by atoms with E-state index in [1.165, 1.54) is 41.7 Å². The number of pyridine rings is 1. The molecule has 27 heavy (non-hydrogen) atoms. The second-order valence-electron chi connectivity index (χ2n) is 7.25. The van der Waals surface area contributed by atoms with E-state index in [0.29, 0.717) is 0 Å². The lowest BCUT2D eigenvalue weighted by Gasteiger charge is -2.34. The van der Waals surface area contributed by atoms with Crippen LogP contribution in [0.15, 0.2) is 35.7 Å². The molecule has 5 nitrogen and oxygen atoms in total. The van der Waals surface area contributed by atoms with Gasteiger partial charge in [0.15, 0.2) is 0 Å². The maximum Gasteiger partial charge on any atom is 0.135 e. The first-order chi connectivity index (χ1) is 13.3. The zero-order valence-electron chi connectivity index (χ0n) is 15.9. The van der Waals surface area contributed by atoms with Gasteiger partial charge in [-0.2, -0.15) is 0 Å². The summed E-state index contributed by atoms with van der Waals surface area (Å²) in [4.78, 5) is 9.98. The molecule has 144 valence electrons. The number of hydrogen-bond acceptors (Lipinski definition) is 6. The number of thiophene rings is 1. The van der Waals surface area contributed by atoms with E-state index in [-0.39, 0.29) is 0 Å². The molecular formula is C21H29N5S. The number of para-hydroxylation sites is 1. The lowest BCUT2D eigenvalue weighted by molar-refractivity contribution is 0.132. The summed E-state index contributed by atoms with van der Waals surface area (Å²) in [6, 6.07) is 10.6. The van der Waals surface area contributed by atoms with Gasteiger partial charge in [-0.25, -0.2) is 4.98 Å². The first-order valence-electron chi connectivity index (χ1n) is 10.00. The van der Waals surface area contributed by atoms with E-state index in [1.807, 2.05) is 0 Å². The molecule has 0 amide bonds. The van der Waals surface area contributed by atoms with Crippen LogP contribution in [0.2, 0.25) is 0 Å². The molecule has 1 fully saturated rings. The first kappa shape index (κ1) is 18.6. The highest BCUT2D eigenvalue weighted by atomic mass is 32.1. The van der Waals surface area contributed by atoms with E-state index in [2.05, 4.69) is 50.8 Å². The average Bonchev–Trinajstić information content (AvgIpc) is 3.21. The Balaban J connectivity index is 1.29. The van der Waals surface area contributed by atoms with Crippen molar-refractivity contribution < 1.29 is 0 Å². The van der Waals surface area contributed by atoms with Crippen molar-refractivity contribution in [2.75, 3.05) is 57.7 Å². The quantitative estimate of drug-likeness (QED) is 0.585. The molecule has 0 atom stereocenters. The van der Waals surface area contributed by atoms with Crippen molar-refractivity contribution in [1.29, 1.82) is 0 Å². The van der Waals surface area contributed by atoms with Gasteiger partial charge in [-0.15, -0.1) is 11.3 Å². The highest BCUT2D eigenvalue weighted by Gasteiger charge is 2.15. The highest BCUT2D eigenvalue weighted by Crippen LogP contribution is 2.33. The number of benzene rings is 1. The number of rotatable bonds is 8. The van der Waals surface area contributed by atoms with Gasteiger partial charge in [0.2, 0.25) is 0 Å². The lowest BCUT2D eigenvalue weighted by atomic mass is 10.2. The molecule has 0 radical (unpaired) electrons. The number of aromatic nitrogens is 1. The summed E-state index contributed by atoms with van der Waals surface area (Å²) in [5, 5.41) is 8.24. The molecule has 1 aromatic carbocycles. The van der Waals surface area contributed by atoms with Gasteiger partial charge >= 0.3 is 0 Å². The maximum atomic E-state index is 5.61. The van der Waals surface area contributed by atoms with Gasteiger partial charge in [0.1, 0.15) is 5.82 Å². The third kappa shape index (κ3) is 4.41. The van der Waals surface area contributed by atoms with Crippen molar-refractivity contribution in [2.45, 2.75) is 12.8 Å². The average molecular weight is 384 g/mol. The predicted molar refractivity (Wildman–Crippen MR) is 117 cm³/mol. The molecule has 0 unspecified atom stereocenters. The molecule has 0 bridgehead atoms. The molecule has 0 spiro atoms. The summed E-state index contributed by atoms with van der Waals surface area (Å²) in [5.74, 6) is 1.02. The SMILES string of the molecule is NCCCN1CCN(CCCNc2nc3ccccc3c3sccc23)CC1. The van der Waals surface area contributed by atoms with Crippen LogP contribution in [-0.2, 0) is 0 Å². The Kier molecular flexibility index (Phi) is 6.19.